The van der Waals surface area contributed by atoms with E-state index in [2.05, 4.69) is 10.2 Å². The van der Waals surface area contributed by atoms with E-state index < -0.39 is 16.3 Å². The molecule has 2 bridgehead atoms. The van der Waals surface area contributed by atoms with Crippen LogP contribution in [0, 0.1) is 0 Å². The first kappa shape index (κ1) is 30.5. The second-order valence-electron chi connectivity index (χ2n) is 12.0. The number of benzene rings is 1. The number of hydrogen-bond donors (Lipinski definition) is 1. The quantitative estimate of drug-likeness (QED) is 0.455. The number of carbonyl (C=O) groups excluding carboxylic acids is 2. The van der Waals surface area contributed by atoms with Crippen LogP contribution in [0.2, 0.25) is 0 Å². The van der Waals surface area contributed by atoms with Gasteiger partial charge in [-0.15, -0.1) is 0 Å². The summed E-state index contributed by atoms with van der Waals surface area (Å²) >= 11 is 0. The molecule has 0 spiro atoms. The predicted molar refractivity (Wildman–Crippen MR) is 159 cm³/mol. The lowest BCUT2D eigenvalue weighted by Crippen LogP contribution is -2.53. The minimum absolute atomic E-state index is 0.00730. The second-order valence-corrected chi connectivity index (χ2v) is 14.1. The SMILES string of the molecule is CC(C)n1c(=O)n(C(=O)NC2C[C@H]3CC[C@H](C2)N3CCCOC(=O)N2CCN(S(=O)(=O)N(C)C)CC2)c2ccccc21. The first-order valence-electron chi connectivity index (χ1n) is 14.9. The lowest BCUT2D eigenvalue weighted by atomic mass is 9.97. The molecule has 13 nitrogen and oxygen atoms in total. The zero-order chi connectivity index (χ0) is 30.2. The maximum atomic E-state index is 13.3. The van der Waals surface area contributed by atoms with Crippen molar-refractivity contribution in [1.82, 2.24) is 32.9 Å². The average molecular weight is 606 g/mol. The van der Waals surface area contributed by atoms with Crippen molar-refractivity contribution in [3.8, 4) is 0 Å². The molecular formula is C28H43N7O6S. The van der Waals surface area contributed by atoms with Gasteiger partial charge in [0.05, 0.1) is 17.6 Å². The van der Waals surface area contributed by atoms with Gasteiger partial charge in [-0.25, -0.2) is 19.0 Å². The van der Waals surface area contributed by atoms with Gasteiger partial charge in [-0.05, 0) is 58.1 Å². The maximum Gasteiger partial charge on any atom is 0.409 e. The third-order valence-electron chi connectivity index (χ3n) is 8.78. The lowest BCUT2D eigenvalue weighted by molar-refractivity contribution is 0.0753. The summed E-state index contributed by atoms with van der Waals surface area (Å²) in [5, 5.41) is 3.14. The predicted octanol–water partition coefficient (Wildman–Crippen LogP) is 1.89. The van der Waals surface area contributed by atoms with Crippen molar-refractivity contribution in [3.63, 3.8) is 0 Å². The molecule has 42 heavy (non-hydrogen) atoms. The largest absolute Gasteiger partial charge is 0.449 e. The van der Waals surface area contributed by atoms with E-state index in [0.29, 0.717) is 43.7 Å². The molecule has 5 rings (SSSR count). The van der Waals surface area contributed by atoms with Gasteiger partial charge in [-0.1, -0.05) is 12.1 Å². The minimum atomic E-state index is -3.48. The summed E-state index contributed by atoms with van der Waals surface area (Å²) in [6.07, 6.45) is 4.05. The second kappa shape index (κ2) is 12.3. The molecule has 3 aliphatic heterocycles. The Morgan fingerprint density at radius 3 is 2.24 bits per heavy atom. The van der Waals surface area contributed by atoms with Crippen molar-refractivity contribution in [1.29, 1.82) is 0 Å². The molecule has 0 saturated carbocycles. The van der Waals surface area contributed by atoms with Crippen LogP contribution in [0.25, 0.3) is 11.0 Å². The van der Waals surface area contributed by atoms with Crippen molar-refractivity contribution in [3.05, 3.63) is 34.7 Å². The zero-order valence-electron chi connectivity index (χ0n) is 24.9. The van der Waals surface area contributed by atoms with Crippen molar-refractivity contribution < 1.29 is 22.7 Å². The summed E-state index contributed by atoms with van der Waals surface area (Å²) in [7, 11) is -0.488. The Kier molecular flexibility index (Phi) is 8.97. The molecule has 3 saturated heterocycles. The third kappa shape index (κ3) is 5.94. The highest BCUT2D eigenvalue weighted by Gasteiger charge is 2.41. The molecule has 1 aromatic heterocycles. The van der Waals surface area contributed by atoms with Crippen LogP contribution in [0.1, 0.15) is 52.0 Å². The van der Waals surface area contributed by atoms with Crippen molar-refractivity contribution >= 4 is 33.4 Å². The molecule has 4 heterocycles. The number of aromatic nitrogens is 2. The smallest absolute Gasteiger partial charge is 0.409 e. The topological polar surface area (TPSA) is 129 Å². The van der Waals surface area contributed by atoms with Crippen LogP contribution in [-0.2, 0) is 14.9 Å². The Hall–Kier alpha value is -2.94. The molecule has 2 amide bonds. The van der Waals surface area contributed by atoms with Gasteiger partial charge < -0.3 is 15.0 Å². The van der Waals surface area contributed by atoms with Gasteiger partial charge in [-0.2, -0.15) is 17.0 Å². The van der Waals surface area contributed by atoms with E-state index in [9.17, 15) is 22.8 Å². The molecular weight excluding hydrogens is 562 g/mol. The van der Waals surface area contributed by atoms with Gasteiger partial charge in [0.2, 0.25) is 0 Å². The van der Waals surface area contributed by atoms with Gasteiger partial charge in [0, 0.05) is 71.0 Å². The van der Waals surface area contributed by atoms with E-state index in [1.54, 1.807) is 9.47 Å². The zero-order valence-corrected chi connectivity index (χ0v) is 25.8. The minimum Gasteiger partial charge on any atom is -0.449 e. The summed E-state index contributed by atoms with van der Waals surface area (Å²) in [5.41, 5.74) is 1.05. The Bertz CT molecular complexity index is 1450. The monoisotopic (exact) mass is 605 g/mol. The van der Waals surface area contributed by atoms with E-state index in [-0.39, 0.29) is 36.9 Å². The Morgan fingerprint density at radius 1 is 1.02 bits per heavy atom. The van der Waals surface area contributed by atoms with E-state index >= 15 is 0 Å². The number of fused-ring (bicyclic) bond motifs is 3. The third-order valence-corrected chi connectivity index (χ3v) is 10.7. The Balaban J connectivity index is 1.09. The van der Waals surface area contributed by atoms with Crippen LogP contribution in [0.15, 0.2) is 29.1 Å². The molecule has 3 fully saturated rings. The number of piperazine rings is 1. The number of nitrogens with zero attached hydrogens (tertiary/aromatic N) is 6. The number of hydrogen-bond acceptors (Lipinski definition) is 7. The maximum absolute atomic E-state index is 13.3. The van der Waals surface area contributed by atoms with Gasteiger partial charge in [0.15, 0.2) is 0 Å². The highest BCUT2D eigenvalue weighted by atomic mass is 32.2. The molecule has 0 aliphatic carbocycles. The summed E-state index contributed by atoms with van der Waals surface area (Å²) < 4.78 is 35.5. The van der Waals surface area contributed by atoms with Gasteiger partial charge in [0.25, 0.3) is 10.2 Å². The molecule has 232 valence electrons. The first-order valence-corrected chi connectivity index (χ1v) is 16.3. The lowest BCUT2D eigenvalue weighted by Gasteiger charge is -2.39. The highest BCUT2D eigenvalue weighted by molar-refractivity contribution is 7.86. The van der Waals surface area contributed by atoms with E-state index in [0.717, 1.165) is 37.7 Å². The number of piperidine rings is 1. The van der Waals surface area contributed by atoms with Gasteiger partial charge in [0.1, 0.15) is 0 Å². The number of imidazole rings is 1. The van der Waals surface area contributed by atoms with E-state index in [1.807, 2.05) is 38.1 Å². The molecule has 0 radical (unpaired) electrons. The first-order chi connectivity index (χ1) is 20.0. The van der Waals surface area contributed by atoms with Crippen LogP contribution in [0.3, 0.4) is 0 Å². The number of ether oxygens (including phenoxy) is 1. The number of para-hydroxylation sites is 2. The Morgan fingerprint density at radius 2 is 1.64 bits per heavy atom. The fraction of sp³-hybridized carbons (Fsp3) is 0.679. The Labute approximate surface area is 247 Å². The molecule has 2 aromatic rings. The van der Waals surface area contributed by atoms with Crippen molar-refractivity contribution in [2.75, 3.05) is 53.4 Å². The van der Waals surface area contributed by atoms with E-state index in [4.69, 9.17) is 4.74 Å². The van der Waals surface area contributed by atoms with Gasteiger partial charge >= 0.3 is 17.8 Å². The van der Waals surface area contributed by atoms with Crippen LogP contribution >= 0.6 is 0 Å². The number of amides is 2. The number of carbonyl (C=O) groups is 2. The summed E-state index contributed by atoms with van der Waals surface area (Å²) in [6.45, 7) is 6.09. The van der Waals surface area contributed by atoms with Crippen LogP contribution in [0.4, 0.5) is 9.59 Å². The van der Waals surface area contributed by atoms with Crippen LogP contribution in [-0.4, -0.2) is 120 Å². The summed E-state index contributed by atoms with van der Waals surface area (Å²) in [5.74, 6) is 0. The highest BCUT2D eigenvalue weighted by Crippen LogP contribution is 2.36. The summed E-state index contributed by atoms with van der Waals surface area (Å²) in [4.78, 5) is 43.1. The molecule has 14 heteroatoms. The molecule has 1 N–H and O–H groups in total. The molecule has 2 atom stereocenters. The molecule has 1 aromatic carbocycles. The number of rotatable bonds is 8. The van der Waals surface area contributed by atoms with Crippen LogP contribution < -0.4 is 11.0 Å². The molecule has 0 unspecified atom stereocenters. The fourth-order valence-electron chi connectivity index (χ4n) is 6.69. The summed E-state index contributed by atoms with van der Waals surface area (Å²) in [6, 6.07) is 7.62. The normalized spacial score (nSPS) is 23.7. The standard InChI is InChI=1S/C28H43N7O6S/c1-20(2)34-24-8-5-6-9-25(24)35(27(34)37)26(36)29-21-18-22-10-11-23(19-21)33(22)12-7-17-41-28(38)31-13-15-32(16-14-31)42(39,40)30(3)4/h5-6,8-9,20-23H,7,10-19H2,1-4H3,(H,29,36)/t22-,23-/m1/s1. The molecule has 3 aliphatic rings. The van der Waals surface area contributed by atoms with Crippen molar-refractivity contribution in [2.45, 2.75) is 70.1 Å². The average Bonchev–Trinajstić information content (AvgIpc) is 3.38. The van der Waals surface area contributed by atoms with E-state index in [1.165, 1.54) is 27.3 Å². The van der Waals surface area contributed by atoms with Gasteiger partial charge in [-0.3, -0.25) is 9.47 Å². The fourth-order valence-corrected chi connectivity index (χ4v) is 7.78. The van der Waals surface area contributed by atoms with Crippen LogP contribution in [0.5, 0.6) is 0 Å². The van der Waals surface area contributed by atoms with Crippen molar-refractivity contribution in [2.24, 2.45) is 0 Å². The number of nitrogens with one attached hydrogen (secondary N) is 1.